The number of urea groups is 1. The van der Waals surface area contributed by atoms with Gasteiger partial charge in [-0.1, -0.05) is 19.8 Å². The Hall–Kier alpha value is -1.96. The van der Waals surface area contributed by atoms with Gasteiger partial charge in [-0.3, -0.25) is 14.5 Å². The number of nitrogens with one attached hydrogen (secondary N) is 2. The second kappa shape index (κ2) is 7.22. The predicted molar refractivity (Wildman–Crippen MR) is 103 cm³/mol. The molecule has 1 aromatic heterocycles. The molecule has 1 aromatic rings. The molecule has 2 heterocycles. The number of carbonyl (C=O) groups is 3. The number of imide groups is 1. The highest BCUT2D eigenvalue weighted by Crippen LogP contribution is 2.35. The van der Waals surface area contributed by atoms with Gasteiger partial charge in [-0.05, 0) is 44.4 Å². The maximum absolute atomic E-state index is 12.6. The number of fused-ring (bicyclic) bond motifs is 1. The fourth-order valence-electron chi connectivity index (χ4n) is 4.37. The monoisotopic (exact) mass is 390 g/mol. The summed E-state index contributed by atoms with van der Waals surface area (Å²) in [4.78, 5) is 44.0. The van der Waals surface area contributed by atoms with Crippen molar-refractivity contribution in [2.45, 2.75) is 70.3 Å². The topological polar surface area (TPSA) is 91.4 Å². The van der Waals surface area contributed by atoms with E-state index in [-0.39, 0.29) is 30.8 Å². The summed E-state index contributed by atoms with van der Waals surface area (Å²) in [5.74, 6) is 0.442. The van der Waals surface area contributed by atoms with E-state index in [0.29, 0.717) is 17.5 Å². The van der Waals surface area contributed by atoms with Crippen molar-refractivity contribution in [2.75, 3.05) is 11.9 Å². The number of aromatic nitrogens is 1. The average molecular weight is 391 g/mol. The summed E-state index contributed by atoms with van der Waals surface area (Å²) in [6, 6.07) is -0.316. The van der Waals surface area contributed by atoms with Gasteiger partial charge < -0.3 is 10.6 Å². The number of carbonyl (C=O) groups excluding carboxylic acids is 3. The molecule has 4 rings (SSSR count). The minimum atomic E-state index is -0.670. The Labute approximate surface area is 162 Å². The SMILES string of the molecule is C[C@@H]1CCc2nc(NC(=O)CCCN3C(=O)NC4(CCCC4)C3=O)sc2C1. The summed E-state index contributed by atoms with van der Waals surface area (Å²) in [5, 5.41) is 6.41. The summed E-state index contributed by atoms with van der Waals surface area (Å²) in [7, 11) is 0. The number of nitrogens with zero attached hydrogens (tertiary/aromatic N) is 2. The molecule has 1 spiro atoms. The van der Waals surface area contributed by atoms with E-state index < -0.39 is 5.54 Å². The van der Waals surface area contributed by atoms with Crippen molar-refractivity contribution in [3.05, 3.63) is 10.6 Å². The van der Waals surface area contributed by atoms with Crippen LogP contribution in [0, 0.1) is 5.92 Å². The van der Waals surface area contributed by atoms with Crippen molar-refractivity contribution in [3.63, 3.8) is 0 Å². The third kappa shape index (κ3) is 3.59. The molecule has 7 nitrogen and oxygen atoms in total. The summed E-state index contributed by atoms with van der Waals surface area (Å²) in [6.45, 7) is 2.53. The van der Waals surface area contributed by atoms with Crippen molar-refractivity contribution in [1.82, 2.24) is 15.2 Å². The third-order valence-electron chi connectivity index (χ3n) is 5.92. The van der Waals surface area contributed by atoms with E-state index in [4.69, 9.17) is 0 Å². The molecule has 3 aliphatic rings. The second-order valence-electron chi connectivity index (χ2n) is 8.06. The number of rotatable bonds is 5. The molecule has 2 aliphatic carbocycles. The first-order valence-corrected chi connectivity index (χ1v) is 10.7. The van der Waals surface area contributed by atoms with Gasteiger partial charge in [-0.25, -0.2) is 9.78 Å². The quantitative estimate of drug-likeness (QED) is 0.756. The lowest BCUT2D eigenvalue weighted by molar-refractivity contribution is -0.131. The van der Waals surface area contributed by atoms with Gasteiger partial charge in [0.2, 0.25) is 5.91 Å². The Bertz CT molecular complexity index is 769. The number of anilines is 1. The molecule has 1 saturated carbocycles. The van der Waals surface area contributed by atoms with Gasteiger partial charge >= 0.3 is 6.03 Å². The van der Waals surface area contributed by atoms with Crippen molar-refractivity contribution in [1.29, 1.82) is 0 Å². The van der Waals surface area contributed by atoms with E-state index >= 15 is 0 Å². The van der Waals surface area contributed by atoms with E-state index in [2.05, 4.69) is 22.5 Å². The summed E-state index contributed by atoms with van der Waals surface area (Å²) >= 11 is 1.57. The Morgan fingerprint density at radius 3 is 2.93 bits per heavy atom. The Morgan fingerprint density at radius 2 is 2.15 bits per heavy atom. The van der Waals surface area contributed by atoms with Crippen molar-refractivity contribution in [2.24, 2.45) is 5.92 Å². The molecule has 4 amide bonds. The number of hydrogen-bond donors (Lipinski definition) is 2. The summed E-state index contributed by atoms with van der Waals surface area (Å²) in [5.41, 5.74) is 0.450. The first-order chi connectivity index (χ1) is 13.0. The number of aryl methyl sites for hydroxylation is 1. The van der Waals surface area contributed by atoms with Crippen LogP contribution in [-0.2, 0) is 22.4 Å². The molecular formula is C19H26N4O3S. The van der Waals surface area contributed by atoms with Crippen LogP contribution in [-0.4, -0.2) is 39.8 Å². The molecule has 8 heteroatoms. The van der Waals surface area contributed by atoms with Gasteiger partial charge in [-0.15, -0.1) is 11.3 Å². The lowest BCUT2D eigenvalue weighted by Crippen LogP contribution is -2.44. The zero-order valence-corrected chi connectivity index (χ0v) is 16.5. The van der Waals surface area contributed by atoms with Gasteiger partial charge in [0.15, 0.2) is 5.13 Å². The van der Waals surface area contributed by atoms with Crippen LogP contribution in [0.2, 0.25) is 0 Å². The lowest BCUT2D eigenvalue weighted by Gasteiger charge is -2.19. The fourth-order valence-corrected chi connectivity index (χ4v) is 5.56. The van der Waals surface area contributed by atoms with Crippen LogP contribution in [0.15, 0.2) is 0 Å². The van der Waals surface area contributed by atoms with Crippen molar-refractivity contribution >= 4 is 34.3 Å². The number of amides is 4. The molecule has 2 fully saturated rings. The highest BCUT2D eigenvalue weighted by molar-refractivity contribution is 7.15. The molecular weight excluding hydrogens is 364 g/mol. The van der Waals surface area contributed by atoms with E-state index in [1.54, 1.807) is 11.3 Å². The van der Waals surface area contributed by atoms with Crippen LogP contribution in [0.25, 0.3) is 0 Å². The highest BCUT2D eigenvalue weighted by Gasteiger charge is 2.52. The van der Waals surface area contributed by atoms with Gasteiger partial charge in [0.1, 0.15) is 5.54 Å². The van der Waals surface area contributed by atoms with Crippen LogP contribution >= 0.6 is 11.3 Å². The van der Waals surface area contributed by atoms with Gasteiger partial charge in [0, 0.05) is 17.8 Å². The first kappa shape index (κ1) is 18.4. The van der Waals surface area contributed by atoms with Crippen molar-refractivity contribution < 1.29 is 14.4 Å². The lowest BCUT2D eigenvalue weighted by atomic mass is 9.93. The predicted octanol–water partition coefficient (Wildman–Crippen LogP) is 2.85. The molecule has 0 unspecified atom stereocenters. The standard InChI is InChI=1S/C19H26N4O3S/c1-12-6-7-13-14(11-12)27-17(20-13)21-15(24)5-4-10-23-16(25)19(22-18(23)26)8-2-3-9-19/h12H,2-11H2,1H3,(H,22,26)(H,20,21,24)/t12-/m1/s1. The van der Waals surface area contributed by atoms with Gasteiger partial charge in [-0.2, -0.15) is 0 Å². The highest BCUT2D eigenvalue weighted by atomic mass is 32.1. The molecule has 0 bridgehead atoms. The fraction of sp³-hybridized carbons (Fsp3) is 0.684. The van der Waals surface area contributed by atoms with Crippen LogP contribution in [0.3, 0.4) is 0 Å². The zero-order chi connectivity index (χ0) is 19.0. The van der Waals surface area contributed by atoms with Crippen LogP contribution in [0.1, 0.15) is 62.4 Å². The van der Waals surface area contributed by atoms with E-state index in [9.17, 15) is 14.4 Å². The molecule has 2 N–H and O–H groups in total. The average Bonchev–Trinajstić information content (AvgIpc) is 3.29. The Morgan fingerprint density at radius 1 is 1.37 bits per heavy atom. The largest absolute Gasteiger partial charge is 0.325 e. The third-order valence-corrected chi connectivity index (χ3v) is 6.96. The molecule has 0 radical (unpaired) electrons. The molecule has 1 saturated heterocycles. The van der Waals surface area contributed by atoms with E-state index in [0.717, 1.165) is 50.6 Å². The molecule has 27 heavy (non-hydrogen) atoms. The summed E-state index contributed by atoms with van der Waals surface area (Å²) < 4.78 is 0. The minimum absolute atomic E-state index is 0.114. The maximum Gasteiger partial charge on any atom is 0.325 e. The minimum Gasteiger partial charge on any atom is -0.323 e. The van der Waals surface area contributed by atoms with E-state index in [1.807, 2.05) is 0 Å². The zero-order valence-electron chi connectivity index (χ0n) is 15.7. The normalized spacial score (nSPS) is 23.6. The smallest absolute Gasteiger partial charge is 0.323 e. The van der Waals surface area contributed by atoms with Crippen LogP contribution in [0.5, 0.6) is 0 Å². The molecule has 1 atom stereocenters. The Balaban J connectivity index is 1.26. The van der Waals surface area contributed by atoms with E-state index in [1.165, 1.54) is 9.78 Å². The Kier molecular flexibility index (Phi) is 4.92. The van der Waals surface area contributed by atoms with Gasteiger partial charge in [0.05, 0.1) is 5.69 Å². The molecule has 146 valence electrons. The van der Waals surface area contributed by atoms with Crippen molar-refractivity contribution in [3.8, 4) is 0 Å². The van der Waals surface area contributed by atoms with Crippen LogP contribution in [0.4, 0.5) is 9.93 Å². The molecule has 1 aliphatic heterocycles. The van der Waals surface area contributed by atoms with Crippen LogP contribution < -0.4 is 10.6 Å². The second-order valence-corrected chi connectivity index (χ2v) is 9.15. The first-order valence-electron chi connectivity index (χ1n) is 9.89. The number of hydrogen-bond acceptors (Lipinski definition) is 5. The maximum atomic E-state index is 12.6. The molecule has 0 aromatic carbocycles. The van der Waals surface area contributed by atoms with Gasteiger partial charge in [0.25, 0.3) is 5.91 Å². The summed E-state index contributed by atoms with van der Waals surface area (Å²) in [6.07, 6.45) is 7.29. The number of thiazole rings is 1.